The van der Waals surface area contributed by atoms with Crippen LogP contribution in [-0.4, -0.2) is 11.2 Å². The lowest BCUT2D eigenvalue weighted by Gasteiger charge is -2.07. The highest BCUT2D eigenvalue weighted by atomic mass is 79.9. The van der Waals surface area contributed by atoms with Crippen LogP contribution in [0.15, 0.2) is 18.2 Å². The minimum atomic E-state index is -0.283. The molecule has 0 aliphatic carbocycles. The SMILES string of the molecule is Cc1cc(F)ccc1NC(=O)CCCCBr. The van der Waals surface area contributed by atoms with E-state index in [1.807, 2.05) is 0 Å². The van der Waals surface area contributed by atoms with Gasteiger partial charge in [0.2, 0.25) is 5.91 Å². The number of unbranched alkanes of at least 4 members (excludes halogenated alkanes) is 1. The van der Waals surface area contributed by atoms with E-state index in [-0.39, 0.29) is 11.7 Å². The summed E-state index contributed by atoms with van der Waals surface area (Å²) in [4.78, 5) is 11.5. The first-order chi connectivity index (χ1) is 7.63. The van der Waals surface area contributed by atoms with Crippen LogP contribution in [0.1, 0.15) is 24.8 Å². The minimum Gasteiger partial charge on any atom is -0.326 e. The monoisotopic (exact) mass is 287 g/mol. The molecule has 0 aliphatic heterocycles. The van der Waals surface area contributed by atoms with E-state index in [0.717, 1.165) is 23.7 Å². The molecule has 1 rings (SSSR count). The Labute approximate surface area is 103 Å². The number of benzene rings is 1. The van der Waals surface area contributed by atoms with Crippen LogP contribution >= 0.6 is 15.9 Å². The molecule has 88 valence electrons. The number of amides is 1. The summed E-state index contributed by atoms with van der Waals surface area (Å²) in [5.74, 6) is -0.301. The van der Waals surface area contributed by atoms with Gasteiger partial charge < -0.3 is 5.32 Å². The van der Waals surface area contributed by atoms with Crippen molar-refractivity contribution < 1.29 is 9.18 Å². The van der Waals surface area contributed by atoms with Gasteiger partial charge >= 0.3 is 0 Å². The van der Waals surface area contributed by atoms with Crippen molar-refractivity contribution in [1.29, 1.82) is 0 Å². The number of carbonyl (C=O) groups is 1. The molecule has 1 aromatic carbocycles. The zero-order valence-electron chi connectivity index (χ0n) is 9.22. The largest absolute Gasteiger partial charge is 0.326 e. The number of hydrogen-bond acceptors (Lipinski definition) is 1. The van der Waals surface area contributed by atoms with Gasteiger partial charge in [0.1, 0.15) is 5.82 Å². The van der Waals surface area contributed by atoms with Gasteiger partial charge in [0, 0.05) is 17.4 Å². The normalized spacial score (nSPS) is 10.2. The van der Waals surface area contributed by atoms with Crippen LogP contribution in [0.2, 0.25) is 0 Å². The topological polar surface area (TPSA) is 29.1 Å². The predicted octanol–water partition coefficient (Wildman–Crippen LogP) is 3.64. The first kappa shape index (κ1) is 13.2. The Morgan fingerprint density at radius 3 is 2.81 bits per heavy atom. The van der Waals surface area contributed by atoms with Gasteiger partial charge in [0.25, 0.3) is 0 Å². The molecule has 0 bridgehead atoms. The van der Waals surface area contributed by atoms with Crippen molar-refractivity contribution in [2.24, 2.45) is 0 Å². The van der Waals surface area contributed by atoms with Gasteiger partial charge in [-0.1, -0.05) is 15.9 Å². The van der Waals surface area contributed by atoms with Crippen molar-refractivity contribution in [2.45, 2.75) is 26.2 Å². The van der Waals surface area contributed by atoms with E-state index in [4.69, 9.17) is 0 Å². The Bertz CT molecular complexity index is 368. The molecule has 0 aliphatic rings. The van der Waals surface area contributed by atoms with Gasteiger partial charge in [-0.2, -0.15) is 0 Å². The summed E-state index contributed by atoms with van der Waals surface area (Å²) in [6.07, 6.45) is 2.34. The number of aryl methyl sites for hydroxylation is 1. The van der Waals surface area contributed by atoms with Crippen LogP contribution in [0.25, 0.3) is 0 Å². The van der Waals surface area contributed by atoms with Crippen LogP contribution in [-0.2, 0) is 4.79 Å². The van der Waals surface area contributed by atoms with Gasteiger partial charge in [0.05, 0.1) is 0 Å². The number of nitrogens with one attached hydrogen (secondary N) is 1. The Balaban J connectivity index is 2.49. The molecular weight excluding hydrogens is 273 g/mol. The van der Waals surface area contributed by atoms with Crippen molar-refractivity contribution in [2.75, 3.05) is 10.6 Å². The number of anilines is 1. The second kappa shape index (κ2) is 6.63. The molecule has 0 spiro atoms. The highest BCUT2D eigenvalue weighted by Gasteiger charge is 2.04. The summed E-state index contributed by atoms with van der Waals surface area (Å²) >= 11 is 3.31. The van der Waals surface area contributed by atoms with E-state index in [9.17, 15) is 9.18 Å². The molecule has 0 aromatic heterocycles. The summed E-state index contributed by atoms with van der Waals surface area (Å²) in [6, 6.07) is 4.35. The lowest BCUT2D eigenvalue weighted by molar-refractivity contribution is -0.116. The average Bonchev–Trinajstić information content (AvgIpc) is 2.23. The highest BCUT2D eigenvalue weighted by Crippen LogP contribution is 2.16. The second-order valence-corrected chi connectivity index (χ2v) is 4.45. The van der Waals surface area contributed by atoms with E-state index >= 15 is 0 Å². The molecule has 0 fully saturated rings. The van der Waals surface area contributed by atoms with Crippen molar-refractivity contribution in [3.05, 3.63) is 29.6 Å². The van der Waals surface area contributed by atoms with E-state index in [1.54, 1.807) is 13.0 Å². The summed E-state index contributed by atoms with van der Waals surface area (Å²) in [6.45, 7) is 1.77. The first-order valence-electron chi connectivity index (χ1n) is 5.25. The van der Waals surface area contributed by atoms with Crippen molar-refractivity contribution in [1.82, 2.24) is 0 Å². The van der Waals surface area contributed by atoms with Crippen LogP contribution < -0.4 is 5.32 Å². The summed E-state index contributed by atoms with van der Waals surface area (Å²) in [7, 11) is 0. The Kier molecular flexibility index (Phi) is 5.46. The van der Waals surface area contributed by atoms with E-state index in [2.05, 4.69) is 21.2 Å². The summed E-state index contributed by atoms with van der Waals surface area (Å²) < 4.78 is 12.8. The van der Waals surface area contributed by atoms with Gasteiger partial charge in [-0.25, -0.2) is 4.39 Å². The third-order valence-corrected chi connectivity index (χ3v) is 2.81. The molecule has 0 radical (unpaired) electrons. The van der Waals surface area contributed by atoms with Crippen molar-refractivity contribution >= 4 is 27.5 Å². The Hall–Kier alpha value is -0.900. The molecule has 1 aromatic rings. The van der Waals surface area contributed by atoms with E-state index in [1.165, 1.54) is 12.1 Å². The smallest absolute Gasteiger partial charge is 0.224 e. The molecular formula is C12H15BrFNO. The van der Waals surface area contributed by atoms with E-state index in [0.29, 0.717) is 12.1 Å². The maximum absolute atomic E-state index is 12.8. The number of halogens is 2. The molecule has 0 heterocycles. The number of hydrogen-bond donors (Lipinski definition) is 1. The lowest BCUT2D eigenvalue weighted by Crippen LogP contribution is -2.12. The maximum atomic E-state index is 12.8. The molecule has 0 unspecified atom stereocenters. The molecule has 1 amide bonds. The fourth-order valence-electron chi connectivity index (χ4n) is 1.36. The number of alkyl halides is 1. The van der Waals surface area contributed by atoms with E-state index < -0.39 is 0 Å². The molecule has 2 nitrogen and oxygen atoms in total. The third-order valence-electron chi connectivity index (χ3n) is 2.25. The second-order valence-electron chi connectivity index (χ2n) is 3.65. The molecule has 16 heavy (non-hydrogen) atoms. The standard InChI is InChI=1S/C12H15BrFNO/c1-9-8-10(14)5-6-11(9)15-12(16)4-2-3-7-13/h5-6,8H,2-4,7H2,1H3,(H,15,16). The molecule has 0 atom stereocenters. The molecule has 0 saturated carbocycles. The van der Waals surface area contributed by atoms with Gasteiger partial charge in [-0.15, -0.1) is 0 Å². The van der Waals surface area contributed by atoms with Crippen molar-refractivity contribution in [3.8, 4) is 0 Å². The Morgan fingerprint density at radius 2 is 2.19 bits per heavy atom. The van der Waals surface area contributed by atoms with Crippen LogP contribution in [0, 0.1) is 12.7 Å². The summed E-state index contributed by atoms with van der Waals surface area (Å²) in [5.41, 5.74) is 1.43. The number of rotatable bonds is 5. The lowest BCUT2D eigenvalue weighted by atomic mass is 10.2. The Morgan fingerprint density at radius 1 is 1.44 bits per heavy atom. The van der Waals surface area contributed by atoms with Crippen LogP contribution in [0.4, 0.5) is 10.1 Å². The zero-order valence-corrected chi connectivity index (χ0v) is 10.8. The van der Waals surface area contributed by atoms with Gasteiger partial charge in [-0.3, -0.25) is 4.79 Å². The first-order valence-corrected chi connectivity index (χ1v) is 6.37. The maximum Gasteiger partial charge on any atom is 0.224 e. The predicted molar refractivity (Wildman–Crippen MR) is 67.4 cm³/mol. The van der Waals surface area contributed by atoms with Crippen molar-refractivity contribution in [3.63, 3.8) is 0 Å². The fraction of sp³-hybridized carbons (Fsp3) is 0.417. The van der Waals surface area contributed by atoms with Gasteiger partial charge in [-0.05, 0) is 43.5 Å². The molecule has 1 N–H and O–H groups in total. The van der Waals surface area contributed by atoms with Crippen LogP contribution in [0.5, 0.6) is 0 Å². The quantitative estimate of drug-likeness (QED) is 0.650. The number of carbonyl (C=O) groups excluding carboxylic acids is 1. The zero-order chi connectivity index (χ0) is 12.0. The third kappa shape index (κ3) is 4.31. The molecule has 4 heteroatoms. The fourth-order valence-corrected chi connectivity index (χ4v) is 1.76. The molecule has 0 saturated heterocycles. The average molecular weight is 288 g/mol. The minimum absolute atomic E-state index is 0.0179. The van der Waals surface area contributed by atoms with Gasteiger partial charge in [0.15, 0.2) is 0 Å². The summed E-state index contributed by atoms with van der Waals surface area (Å²) in [5, 5.41) is 3.69. The van der Waals surface area contributed by atoms with Crippen LogP contribution in [0.3, 0.4) is 0 Å². The highest BCUT2D eigenvalue weighted by molar-refractivity contribution is 9.09.